The molecule has 0 atom stereocenters. The number of halogens is 1. The molecule has 0 saturated heterocycles. The van der Waals surface area contributed by atoms with Gasteiger partial charge in [0.2, 0.25) is 0 Å². The Kier molecular flexibility index (Phi) is 3.77. The smallest absolute Gasteiger partial charge is 0.125 e. The minimum absolute atomic E-state index is 0.221. The van der Waals surface area contributed by atoms with E-state index in [0.29, 0.717) is 12.4 Å². The average Bonchev–Trinajstić information content (AvgIpc) is 2.38. The van der Waals surface area contributed by atoms with Gasteiger partial charge < -0.3 is 10.6 Å². The fourth-order valence-electron chi connectivity index (χ4n) is 1.81. The summed E-state index contributed by atoms with van der Waals surface area (Å²) < 4.78 is 13.2. The lowest BCUT2D eigenvalue weighted by Crippen LogP contribution is -2.22. The molecule has 0 unspecified atom stereocenters. The predicted octanol–water partition coefficient (Wildman–Crippen LogP) is 2.83. The van der Waals surface area contributed by atoms with Crippen molar-refractivity contribution in [1.29, 1.82) is 0 Å². The topological polar surface area (TPSA) is 42.1 Å². The van der Waals surface area contributed by atoms with Crippen LogP contribution in [0.4, 0.5) is 15.9 Å². The molecule has 0 bridgehead atoms. The van der Waals surface area contributed by atoms with Crippen molar-refractivity contribution in [2.75, 3.05) is 17.2 Å². The summed E-state index contributed by atoms with van der Waals surface area (Å²) in [6.45, 7) is 3.52. The monoisotopic (exact) mass is 245 g/mol. The summed E-state index contributed by atoms with van der Waals surface area (Å²) in [5, 5.41) is 0. The second kappa shape index (κ2) is 5.49. The van der Waals surface area contributed by atoms with Crippen molar-refractivity contribution in [1.82, 2.24) is 4.98 Å². The molecule has 1 aromatic carbocycles. The van der Waals surface area contributed by atoms with Crippen LogP contribution in [0.5, 0.6) is 0 Å². The Bertz CT molecular complexity index is 511. The number of hydrogen-bond donors (Lipinski definition) is 1. The van der Waals surface area contributed by atoms with Crippen LogP contribution in [0, 0.1) is 5.82 Å². The van der Waals surface area contributed by atoms with Crippen LogP contribution in [0.2, 0.25) is 0 Å². The van der Waals surface area contributed by atoms with Gasteiger partial charge in [-0.25, -0.2) is 9.37 Å². The molecule has 0 aliphatic rings. The summed E-state index contributed by atoms with van der Waals surface area (Å²) in [4.78, 5) is 6.13. The zero-order valence-electron chi connectivity index (χ0n) is 10.3. The molecule has 0 aliphatic heterocycles. The highest BCUT2D eigenvalue weighted by atomic mass is 19.1. The SMILES string of the molecule is CCN(Cc1ccc(N)nc1)c1cccc(F)c1. The molecule has 2 aromatic rings. The highest BCUT2D eigenvalue weighted by Crippen LogP contribution is 2.18. The summed E-state index contributed by atoms with van der Waals surface area (Å²) in [6.07, 6.45) is 1.75. The first-order chi connectivity index (χ1) is 8.69. The number of nitrogens with two attached hydrogens (primary N) is 1. The molecule has 0 amide bonds. The van der Waals surface area contributed by atoms with Crippen LogP contribution in [-0.4, -0.2) is 11.5 Å². The normalized spacial score (nSPS) is 10.3. The minimum atomic E-state index is -0.221. The summed E-state index contributed by atoms with van der Waals surface area (Å²) in [5.74, 6) is 0.286. The number of rotatable bonds is 4. The van der Waals surface area contributed by atoms with Gasteiger partial charge in [-0.1, -0.05) is 12.1 Å². The van der Waals surface area contributed by atoms with Crippen molar-refractivity contribution in [2.45, 2.75) is 13.5 Å². The first-order valence-electron chi connectivity index (χ1n) is 5.90. The van der Waals surface area contributed by atoms with Crippen molar-refractivity contribution >= 4 is 11.5 Å². The van der Waals surface area contributed by atoms with Gasteiger partial charge in [-0.2, -0.15) is 0 Å². The number of nitrogen functional groups attached to an aromatic ring is 1. The summed E-state index contributed by atoms with van der Waals surface area (Å²) in [5.41, 5.74) is 7.47. The predicted molar refractivity (Wildman–Crippen MR) is 71.8 cm³/mol. The lowest BCUT2D eigenvalue weighted by atomic mass is 10.2. The Labute approximate surface area is 106 Å². The van der Waals surface area contributed by atoms with Crippen LogP contribution in [0.1, 0.15) is 12.5 Å². The van der Waals surface area contributed by atoms with Gasteiger partial charge in [-0.05, 0) is 36.8 Å². The first-order valence-corrected chi connectivity index (χ1v) is 5.90. The zero-order valence-corrected chi connectivity index (χ0v) is 10.3. The third-order valence-corrected chi connectivity index (χ3v) is 2.78. The number of benzene rings is 1. The molecule has 0 fully saturated rings. The van der Waals surface area contributed by atoms with E-state index >= 15 is 0 Å². The Hall–Kier alpha value is -2.10. The van der Waals surface area contributed by atoms with E-state index in [2.05, 4.69) is 9.88 Å². The number of hydrogen-bond acceptors (Lipinski definition) is 3. The molecule has 94 valence electrons. The highest BCUT2D eigenvalue weighted by molar-refractivity contribution is 5.47. The van der Waals surface area contributed by atoms with Crippen LogP contribution < -0.4 is 10.6 Å². The van der Waals surface area contributed by atoms with Crippen molar-refractivity contribution < 1.29 is 4.39 Å². The van der Waals surface area contributed by atoms with Crippen molar-refractivity contribution in [2.24, 2.45) is 0 Å². The molecular weight excluding hydrogens is 229 g/mol. The highest BCUT2D eigenvalue weighted by Gasteiger charge is 2.06. The second-order valence-corrected chi connectivity index (χ2v) is 4.09. The van der Waals surface area contributed by atoms with Gasteiger partial charge in [-0.15, -0.1) is 0 Å². The third kappa shape index (κ3) is 2.97. The molecular formula is C14H16FN3. The number of nitrogens with zero attached hydrogens (tertiary/aromatic N) is 2. The molecule has 3 nitrogen and oxygen atoms in total. The molecule has 0 radical (unpaired) electrons. The maximum absolute atomic E-state index is 13.2. The third-order valence-electron chi connectivity index (χ3n) is 2.78. The van der Waals surface area contributed by atoms with Gasteiger partial charge in [0.15, 0.2) is 0 Å². The fraction of sp³-hybridized carbons (Fsp3) is 0.214. The van der Waals surface area contributed by atoms with Gasteiger partial charge in [0.25, 0.3) is 0 Å². The Balaban J connectivity index is 2.17. The maximum atomic E-state index is 13.2. The van der Waals surface area contributed by atoms with Crippen LogP contribution >= 0.6 is 0 Å². The van der Waals surface area contributed by atoms with Gasteiger partial charge in [0.1, 0.15) is 11.6 Å². The number of aromatic nitrogens is 1. The van der Waals surface area contributed by atoms with Crippen LogP contribution in [0.3, 0.4) is 0 Å². The van der Waals surface area contributed by atoms with Gasteiger partial charge in [0.05, 0.1) is 0 Å². The zero-order chi connectivity index (χ0) is 13.0. The Morgan fingerprint density at radius 2 is 2.11 bits per heavy atom. The standard InChI is InChI=1S/C14H16FN3/c1-2-18(13-5-3-4-12(15)8-13)10-11-6-7-14(16)17-9-11/h3-9H,2,10H2,1H3,(H2,16,17). The molecule has 0 spiro atoms. The maximum Gasteiger partial charge on any atom is 0.125 e. The lowest BCUT2D eigenvalue weighted by Gasteiger charge is -2.23. The van der Waals surface area contributed by atoms with Gasteiger partial charge >= 0.3 is 0 Å². The van der Waals surface area contributed by atoms with Crippen molar-refractivity contribution in [3.63, 3.8) is 0 Å². The van der Waals surface area contributed by atoms with E-state index in [1.807, 2.05) is 19.1 Å². The molecule has 4 heteroatoms. The van der Waals surface area contributed by atoms with Crippen LogP contribution in [0.25, 0.3) is 0 Å². The number of anilines is 2. The van der Waals surface area contributed by atoms with E-state index in [0.717, 1.165) is 17.8 Å². The van der Waals surface area contributed by atoms with E-state index in [-0.39, 0.29) is 5.82 Å². The van der Waals surface area contributed by atoms with E-state index in [9.17, 15) is 4.39 Å². The van der Waals surface area contributed by atoms with Crippen molar-refractivity contribution in [3.05, 3.63) is 54.0 Å². The summed E-state index contributed by atoms with van der Waals surface area (Å²) >= 11 is 0. The quantitative estimate of drug-likeness (QED) is 0.900. The Morgan fingerprint density at radius 3 is 2.72 bits per heavy atom. The molecule has 0 aliphatic carbocycles. The Morgan fingerprint density at radius 1 is 1.28 bits per heavy atom. The molecule has 2 rings (SSSR count). The van der Waals surface area contributed by atoms with Crippen LogP contribution in [0.15, 0.2) is 42.6 Å². The molecule has 1 heterocycles. The molecule has 1 aromatic heterocycles. The van der Waals surface area contributed by atoms with Gasteiger partial charge in [0, 0.05) is 25.0 Å². The molecule has 18 heavy (non-hydrogen) atoms. The molecule has 2 N–H and O–H groups in total. The second-order valence-electron chi connectivity index (χ2n) is 4.09. The minimum Gasteiger partial charge on any atom is -0.384 e. The van der Waals surface area contributed by atoms with E-state index < -0.39 is 0 Å². The van der Waals surface area contributed by atoms with E-state index in [1.54, 1.807) is 18.3 Å². The van der Waals surface area contributed by atoms with Crippen LogP contribution in [-0.2, 0) is 6.54 Å². The summed E-state index contributed by atoms with van der Waals surface area (Å²) in [6, 6.07) is 10.3. The van der Waals surface area contributed by atoms with Crippen molar-refractivity contribution in [3.8, 4) is 0 Å². The number of pyridine rings is 1. The van der Waals surface area contributed by atoms with E-state index in [1.165, 1.54) is 12.1 Å². The first kappa shape index (κ1) is 12.4. The van der Waals surface area contributed by atoms with E-state index in [4.69, 9.17) is 5.73 Å². The molecule has 0 saturated carbocycles. The van der Waals surface area contributed by atoms with Gasteiger partial charge in [-0.3, -0.25) is 0 Å². The fourth-order valence-corrected chi connectivity index (χ4v) is 1.81. The summed E-state index contributed by atoms with van der Waals surface area (Å²) in [7, 11) is 0. The lowest BCUT2D eigenvalue weighted by molar-refractivity contribution is 0.626. The average molecular weight is 245 g/mol. The largest absolute Gasteiger partial charge is 0.384 e.